The van der Waals surface area contributed by atoms with Crippen LogP contribution >= 0.6 is 11.6 Å². The number of esters is 1. The van der Waals surface area contributed by atoms with Crippen LogP contribution in [0.5, 0.6) is 5.75 Å². The van der Waals surface area contributed by atoms with Gasteiger partial charge in [0, 0.05) is 10.6 Å². The number of rotatable bonds is 6. The van der Waals surface area contributed by atoms with Gasteiger partial charge in [-0.3, -0.25) is 4.79 Å². The number of carbonyl (C=O) groups is 1. The maximum Gasteiger partial charge on any atom is 0.317 e. The van der Waals surface area contributed by atoms with Crippen LogP contribution in [-0.4, -0.2) is 23.3 Å². The Morgan fingerprint density at radius 3 is 2.57 bits per heavy atom. The second-order valence-corrected chi connectivity index (χ2v) is 7.90. The second kappa shape index (κ2) is 8.88. The third kappa shape index (κ3) is 4.19. The van der Waals surface area contributed by atoms with E-state index in [1.165, 1.54) is 0 Å². The second-order valence-electron chi connectivity index (χ2n) is 7.46. The van der Waals surface area contributed by atoms with Crippen molar-refractivity contribution in [2.24, 2.45) is 0 Å². The highest BCUT2D eigenvalue weighted by atomic mass is 35.5. The fourth-order valence-electron chi connectivity index (χ4n) is 3.98. The van der Waals surface area contributed by atoms with E-state index in [0.29, 0.717) is 10.9 Å². The maximum atomic E-state index is 13.2. The van der Waals surface area contributed by atoms with E-state index in [0.717, 1.165) is 49.0 Å². The van der Waals surface area contributed by atoms with Gasteiger partial charge in [0.25, 0.3) is 5.89 Å². The van der Waals surface area contributed by atoms with Crippen LogP contribution in [0.3, 0.4) is 0 Å². The molecule has 1 aliphatic rings. The van der Waals surface area contributed by atoms with Crippen LogP contribution in [-0.2, 0) is 21.6 Å². The molecule has 1 aliphatic carbocycles. The third-order valence-electron chi connectivity index (χ3n) is 5.61. The molecule has 156 valence electrons. The first-order valence-electron chi connectivity index (χ1n) is 10.0. The molecule has 1 aromatic heterocycles. The molecule has 0 aliphatic heterocycles. The standard InChI is InChI=1S/C23H23ClN2O4/c1-28-19-10-8-16(9-11-19)21-26-25-20(30-21)15-29-22(27)23(12-3-2-4-13-23)17-6-5-7-18(24)14-17/h5-11,14H,2-4,12-13,15H2,1H3. The van der Waals surface area contributed by atoms with Crippen LogP contribution in [0.2, 0.25) is 5.02 Å². The summed E-state index contributed by atoms with van der Waals surface area (Å²) in [5.74, 6) is 1.09. The van der Waals surface area contributed by atoms with Crippen LogP contribution in [0.25, 0.3) is 11.5 Å². The van der Waals surface area contributed by atoms with Gasteiger partial charge in [-0.2, -0.15) is 0 Å². The molecule has 0 saturated heterocycles. The van der Waals surface area contributed by atoms with E-state index >= 15 is 0 Å². The monoisotopic (exact) mass is 426 g/mol. The quantitative estimate of drug-likeness (QED) is 0.495. The van der Waals surface area contributed by atoms with E-state index in [1.807, 2.05) is 48.5 Å². The van der Waals surface area contributed by atoms with Crippen molar-refractivity contribution < 1.29 is 18.7 Å². The average Bonchev–Trinajstić information content (AvgIpc) is 3.27. The van der Waals surface area contributed by atoms with Gasteiger partial charge in [-0.15, -0.1) is 10.2 Å². The van der Waals surface area contributed by atoms with Gasteiger partial charge < -0.3 is 13.9 Å². The molecule has 0 unspecified atom stereocenters. The lowest BCUT2D eigenvalue weighted by Crippen LogP contribution is -2.39. The van der Waals surface area contributed by atoms with Gasteiger partial charge in [-0.1, -0.05) is 43.0 Å². The molecule has 0 radical (unpaired) electrons. The zero-order valence-corrected chi connectivity index (χ0v) is 17.5. The Morgan fingerprint density at radius 2 is 1.87 bits per heavy atom. The number of halogens is 1. The number of aromatic nitrogens is 2. The Morgan fingerprint density at radius 1 is 1.10 bits per heavy atom. The fourth-order valence-corrected chi connectivity index (χ4v) is 4.17. The number of benzene rings is 2. The normalized spacial score (nSPS) is 15.5. The summed E-state index contributed by atoms with van der Waals surface area (Å²) in [6.45, 7) is -0.0652. The fraction of sp³-hybridized carbons (Fsp3) is 0.348. The predicted octanol–water partition coefficient (Wildman–Crippen LogP) is 5.34. The van der Waals surface area contributed by atoms with Gasteiger partial charge in [0.1, 0.15) is 5.75 Å². The number of carbonyl (C=O) groups excluding carboxylic acids is 1. The smallest absolute Gasteiger partial charge is 0.317 e. The minimum Gasteiger partial charge on any atom is -0.497 e. The molecule has 0 atom stereocenters. The summed E-state index contributed by atoms with van der Waals surface area (Å²) in [6, 6.07) is 14.8. The van der Waals surface area contributed by atoms with E-state index in [1.54, 1.807) is 7.11 Å². The lowest BCUT2D eigenvalue weighted by Gasteiger charge is -2.35. The molecule has 1 heterocycles. The van der Waals surface area contributed by atoms with E-state index in [2.05, 4.69) is 10.2 Å². The molecule has 1 fully saturated rings. The zero-order valence-electron chi connectivity index (χ0n) is 16.8. The number of ether oxygens (including phenoxy) is 2. The molecule has 0 amide bonds. The molecule has 1 saturated carbocycles. The highest BCUT2D eigenvalue weighted by molar-refractivity contribution is 6.30. The van der Waals surface area contributed by atoms with Crippen molar-refractivity contribution in [3.05, 3.63) is 65.0 Å². The highest BCUT2D eigenvalue weighted by Crippen LogP contribution is 2.41. The molecular formula is C23H23ClN2O4. The van der Waals surface area contributed by atoms with E-state index in [4.69, 9.17) is 25.5 Å². The van der Waals surface area contributed by atoms with Crippen molar-refractivity contribution in [2.75, 3.05) is 7.11 Å². The van der Waals surface area contributed by atoms with Gasteiger partial charge in [0.15, 0.2) is 6.61 Å². The number of hydrogen-bond acceptors (Lipinski definition) is 6. The Balaban J connectivity index is 1.48. The minimum atomic E-state index is -0.679. The first kappa shape index (κ1) is 20.4. The summed E-state index contributed by atoms with van der Waals surface area (Å²) < 4.78 is 16.5. The van der Waals surface area contributed by atoms with E-state index < -0.39 is 5.41 Å². The molecule has 30 heavy (non-hydrogen) atoms. The van der Waals surface area contributed by atoms with Crippen LogP contribution < -0.4 is 4.74 Å². The van der Waals surface area contributed by atoms with Gasteiger partial charge in [-0.05, 0) is 54.8 Å². The summed E-state index contributed by atoms with van der Waals surface area (Å²) in [6.07, 6.45) is 4.55. The molecule has 0 N–H and O–H groups in total. The summed E-state index contributed by atoms with van der Waals surface area (Å²) in [5.41, 5.74) is 0.995. The van der Waals surface area contributed by atoms with Crippen molar-refractivity contribution in [3.8, 4) is 17.2 Å². The molecule has 6 nitrogen and oxygen atoms in total. The molecule has 2 aromatic carbocycles. The molecule has 0 spiro atoms. The van der Waals surface area contributed by atoms with Crippen LogP contribution in [0.4, 0.5) is 0 Å². The van der Waals surface area contributed by atoms with Gasteiger partial charge >= 0.3 is 5.97 Å². The topological polar surface area (TPSA) is 74.5 Å². The van der Waals surface area contributed by atoms with Gasteiger partial charge in [0.05, 0.1) is 12.5 Å². The van der Waals surface area contributed by atoms with Crippen LogP contribution in [0, 0.1) is 0 Å². The Hall–Kier alpha value is -2.86. The maximum absolute atomic E-state index is 13.2. The Bertz CT molecular complexity index is 1010. The van der Waals surface area contributed by atoms with Crippen molar-refractivity contribution in [1.29, 1.82) is 0 Å². The van der Waals surface area contributed by atoms with Crippen LogP contribution in [0.15, 0.2) is 52.9 Å². The number of hydrogen-bond donors (Lipinski definition) is 0. The largest absolute Gasteiger partial charge is 0.497 e. The predicted molar refractivity (Wildman–Crippen MR) is 112 cm³/mol. The van der Waals surface area contributed by atoms with Crippen molar-refractivity contribution in [2.45, 2.75) is 44.1 Å². The number of nitrogens with zero attached hydrogens (tertiary/aromatic N) is 2. The Kier molecular flexibility index (Phi) is 6.04. The molecule has 4 rings (SSSR count). The van der Waals surface area contributed by atoms with Crippen molar-refractivity contribution in [1.82, 2.24) is 10.2 Å². The zero-order chi connectivity index (χ0) is 21.0. The summed E-state index contributed by atoms with van der Waals surface area (Å²) >= 11 is 6.19. The van der Waals surface area contributed by atoms with Gasteiger partial charge in [0.2, 0.25) is 5.89 Å². The first-order chi connectivity index (χ1) is 14.6. The van der Waals surface area contributed by atoms with Gasteiger partial charge in [-0.25, -0.2) is 0 Å². The van der Waals surface area contributed by atoms with E-state index in [9.17, 15) is 4.79 Å². The summed E-state index contributed by atoms with van der Waals surface area (Å²) in [4.78, 5) is 13.2. The molecular weight excluding hydrogens is 404 g/mol. The lowest BCUT2D eigenvalue weighted by atomic mass is 9.69. The first-order valence-corrected chi connectivity index (χ1v) is 10.4. The van der Waals surface area contributed by atoms with Crippen molar-refractivity contribution in [3.63, 3.8) is 0 Å². The SMILES string of the molecule is COc1ccc(-c2nnc(COC(=O)C3(c4cccc(Cl)c4)CCCCC3)o2)cc1. The summed E-state index contributed by atoms with van der Waals surface area (Å²) in [5, 5.41) is 8.69. The molecule has 7 heteroatoms. The lowest BCUT2D eigenvalue weighted by molar-refractivity contribution is -0.154. The average molecular weight is 427 g/mol. The van der Waals surface area contributed by atoms with Crippen molar-refractivity contribution >= 4 is 17.6 Å². The molecule has 3 aromatic rings. The number of methoxy groups -OCH3 is 1. The third-order valence-corrected chi connectivity index (χ3v) is 5.84. The minimum absolute atomic E-state index is 0.0652. The molecule has 0 bridgehead atoms. The summed E-state index contributed by atoms with van der Waals surface area (Å²) in [7, 11) is 1.61. The van der Waals surface area contributed by atoms with E-state index in [-0.39, 0.29) is 18.5 Å². The Labute approximate surface area is 180 Å². The van der Waals surface area contributed by atoms with Crippen LogP contribution in [0.1, 0.15) is 43.6 Å². The highest BCUT2D eigenvalue weighted by Gasteiger charge is 2.42.